The number of aromatic hydroxyl groups is 1. The van der Waals surface area contributed by atoms with Crippen molar-refractivity contribution in [2.24, 2.45) is 0 Å². The van der Waals surface area contributed by atoms with Crippen molar-refractivity contribution in [1.29, 1.82) is 0 Å². The van der Waals surface area contributed by atoms with E-state index in [-0.39, 0.29) is 29.6 Å². The van der Waals surface area contributed by atoms with Crippen LogP contribution in [0.5, 0.6) is 5.75 Å². The molecule has 0 aliphatic carbocycles. The monoisotopic (exact) mass is 517 g/mol. The van der Waals surface area contributed by atoms with E-state index < -0.39 is 22.9 Å². The van der Waals surface area contributed by atoms with Gasteiger partial charge >= 0.3 is 0 Å². The molecule has 0 saturated carbocycles. The minimum atomic E-state index is -0.829. The molecule has 4 heterocycles. The van der Waals surface area contributed by atoms with Crippen molar-refractivity contribution in [2.75, 3.05) is 5.73 Å². The lowest BCUT2D eigenvalue weighted by Gasteiger charge is -2.14. The first-order valence-corrected chi connectivity index (χ1v) is 11.9. The molecule has 6 aromatic rings. The Bertz CT molecular complexity index is 1910. The number of hydrogen-bond donors (Lipinski definition) is 2. The van der Waals surface area contributed by atoms with Gasteiger partial charge < -0.3 is 10.8 Å². The second-order valence-corrected chi connectivity index (χ2v) is 9.21. The molecule has 184 valence electrons. The van der Waals surface area contributed by atoms with Gasteiger partial charge in [-0.3, -0.25) is 9.36 Å². The summed E-state index contributed by atoms with van der Waals surface area (Å²) >= 11 is 1.31. The maximum absolute atomic E-state index is 14.9. The van der Waals surface area contributed by atoms with Crippen LogP contribution in [0.4, 0.5) is 14.6 Å². The van der Waals surface area contributed by atoms with Crippen molar-refractivity contribution in [3.05, 3.63) is 87.5 Å². The third-order valence-electron chi connectivity index (χ3n) is 6.03. The normalized spacial score (nSPS) is 11.5. The summed E-state index contributed by atoms with van der Waals surface area (Å²) in [7, 11) is 0. The Morgan fingerprint density at radius 1 is 1.08 bits per heavy atom. The zero-order chi connectivity index (χ0) is 25.8. The quantitative estimate of drug-likeness (QED) is 0.359. The lowest BCUT2D eigenvalue weighted by Crippen LogP contribution is -2.26. The fourth-order valence-electron chi connectivity index (χ4n) is 4.29. The van der Waals surface area contributed by atoms with E-state index in [9.17, 15) is 18.7 Å². The van der Waals surface area contributed by atoms with E-state index in [0.717, 1.165) is 11.6 Å². The van der Waals surface area contributed by atoms with Crippen molar-refractivity contribution in [3.8, 4) is 22.7 Å². The molecule has 37 heavy (non-hydrogen) atoms. The molecule has 0 unspecified atom stereocenters. The first-order valence-electron chi connectivity index (χ1n) is 11.0. The summed E-state index contributed by atoms with van der Waals surface area (Å²) in [6.45, 7) is 1.72. The number of para-hydroxylation sites is 1. The van der Waals surface area contributed by atoms with Crippen molar-refractivity contribution in [3.63, 3.8) is 0 Å². The molecule has 12 heteroatoms. The highest BCUT2D eigenvalue weighted by atomic mass is 32.1. The number of nitrogens with zero attached hydrogens (tertiary/aromatic N) is 6. The van der Waals surface area contributed by atoms with Crippen LogP contribution in [0, 0.1) is 18.6 Å². The van der Waals surface area contributed by atoms with E-state index in [1.807, 2.05) is 5.38 Å². The van der Waals surface area contributed by atoms with E-state index in [1.54, 1.807) is 13.0 Å². The Kier molecular flexibility index (Phi) is 5.19. The first-order chi connectivity index (χ1) is 17.8. The minimum absolute atomic E-state index is 0.0499. The second-order valence-electron chi connectivity index (χ2n) is 8.35. The second kappa shape index (κ2) is 8.45. The SMILES string of the molecule is Cc1csc2nc(Cn3nc(-c4ccc(O)c(F)c4)c4c(N)ncnc43)n(-c3ccccc3F)c(=O)c12. The number of rotatable bonds is 4. The molecule has 0 bridgehead atoms. The molecule has 0 amide bonds. The third kappa shape index (κ3) is 3.61. The third-order valence-corrected chi connectivity index (χ3v) is 7.02. The summed E-state index contributed by atoms with van der Waals surface area (Å²) in [4.78, 5) is 27.2. The molecule has 0 saturated heterocycles. The number of phenols is 1. The average molecular weight is 518 g/mol. The van der Waals surface area contributed by atoms with Crippen molar-refractivity contribution in [1.82, 2.24) is 29.3 Å². The van der Waals surface area contributed by atoms with Crippen LogP contribution in [0.3, 0.4) is 0 Å². The van der Waals surface area contributed by atoms with Gasteiger partial charge in [0.25, 0.3) is 5.56 Å². The molecule has 3 N–H and O–H groups in total. The number of phenolic OH excluding ortho intramolecular Hbond substituents is 1. The molecule has 6 rings (SSSR count). The number of halogens is 2. The molecule has 0 aliphatic heterocycles. The maximum atomic E-state index is 14.9. The van der Waals surface area contributed by atoms with Gasteiger partial charge in [0.1, 0.15) is 40.9 Å². The predicted octanol–water partition coefficient (Wildman–Crippen LogP) is 4.18. The van der Waals surface area contributed by atoms with Crippen LogP contribution in [0.2, 0.25) is 0 Å². The lowest BCUT2D eigenvalue weighted by molar-refractivity contribution is 0.432. The van der Waals surface area contributed by atoms with Gasteiger partial charge in [0.15, 0.2) is 17.2 Å². The highest BCUT2D eigenvalue weighted by Gasteiger charge is 2.22. The Morgan fingerprint density at radius 3 is 2.68 bits per heavy atom. The number of aromatic nitrogens is 6. The standard InChI is InChI=1S/C25H17F2N7O2S/c1-12-10-37-24-19(12)25(36)34(16-5-3-2-4-14(16)26)18(31-24)9-33-23-20(22(28)29-11-30-23)21(32-33)13-6-7-17(35)15(27)8-13/h2-8,10-11,35H,9H2,1H3,(H2,28,29,30). The summed E-state index contributed by atoms with van der Waals surface area (Å²) < 4.78 is 31.8. The topological polar surface area (TPSA) is 125 Å². The fraction of sp³-hybridized carbons (Fsp3) is 0.0800. The van der Waals surface area contributed by atoms with Gasteiger partial charge in [-0.15, -0.1) is 11.3 Å². The van der Waals surface area contributed by atoms with Gasteiger partial charge in [0.2, 0.25) is 0 Å². The van der Waals surface area contributed by atoms with Gasteiger partial charge in [0, 0.05) is 5.56 Å². The summed E-state index contributed by atoms with van der Waals surface area (Å²) in [6, 6.07) is 9.77. The number of nitrogens with two attached hydrogens (primary N) is 1. The lowest BCUT2D eigenvalue weighted by atomic mass is 10.1. The van der Waals surface area contributed by atoms with E-state index in [4.69, 9.17) is 10.7 Å². The van der Waals surface area contributed by atoms with E-state index in [2.05, 4.69) is 15.1 Å². The van der Waals surface area contributed by atoms with E-state index >= 15 is 0 Å². The molecule has 0 fully saturated rings. The van der Waals surface area contributed by atoms with Crippen LogP contribution >= 0.6 is 11.3 Å². The maximum Gasteiger partial charge on any atom is 0.267 e. The molecule has 2 aromatic carbocycles. The Morgan fingerprint density at radius 2 is 1.89 bits per heavy atom. The van der Waals surface area contributed by atoms with Crippen molar-refractivity contribution in [2.45, 2.75) is 13.5 Å². The van der Waals surface area contributed by atoms with Crippen LogP contribution in [-0.2, 0) is 6.54 Å². The smallest absolute Gasteiger partial charge is 0.267 e. The van der Waals surface area contributed by atoms with Crippen LogP contribution < -0.4 is 11.3 Å². The van der Waals surface area contributed by atoms with Gasteiger partial charge in [-0.25, -0.2) is 28.4 Å². The van der Waals surface area contributed by atoms with Crippen molar-refractivity contribution < 1.29 is 13.9 Å². The summed E-state index contributed by atoms with van der Waals surface area (Å²) in [6.07, 6.45) is 1.26. The number of benzene rings is 2. The number of hydrogen-bond acceptors (Lipinski definition) is 8. The van der Waals surface area contributed by atoms with Crippen LogP contribution in [-0.4, -0.2) is 34.4 Å². The number of nitrogen functional groups attached to an aromatic ring is 1. The van der Waals surface area contributed by atoms with E-state index in [1.165, 1.54) is 57.2 Å². The Hall–Kier alpha value is -4.71. The molecule has 0 atom stereocenters. The summed E-state index contributed by atoms with van der Waals surface area (Å²) in [5.74, 6) is -1.59. The number of anilines is 1. The molecular formula is C25H17F2N7O2S. The molecule has 9 nitrogen and oxygen atoms in total. The Labute approximate surface area is 211 Å². The van der Waals surface area contributed by atoms with Crippen LogP contribution in [0.1, 0.15) is 11.4 Å². The highest BCUT2D eigenvalue weighted by molar-refractivity contribution is 7.16. The average Bonchev–Trinajstić information content (AvgIpc) is 3.43. The molecular weight excluding hydrogens is 500 g/mol. The zero-order valence-electron chi connectivity index (χ0n) is 19.2. The largest absolute Gasteiger partial charge is 0.505 e. The van der Waals surface area contributed by atoms with E-state index in [0.29, 0.717) is 26.8 Å². The predicted molar refractivity (Wildman–Crippen MR) is 136 cm³/mol. The van der Waals surface area contributed by atoms with Gasteiger partial charge in [0.05, 0.1) is 16.5 Å². The van der Waals surface area contributed by atoms with Gasteiger partial charge in [-0.05, 0) is 48.2 Å². The fourth-order valence-corrected chi connectivity index (χ4v) is 5.22. The number of thiophene rings is 1. The molecule has 0 radical (unpaired) electrons. The summed E-state index contributed by atoms with van der Waals surface area (Å²) in [5, 5.41) is 16.8. The number of fused-ring (bicyclic) bond motifs is 2. The molecule has 4 aromatic heterocycles. The van der Waals surface area contributed by atoms with Gasteiger partial charge in [-0.1, -0.05) is 12.1 Å². The van der Waals surface area contributed by atoms with Crippen LogP contribution in [0.15, 0.2) is 59.0 Å². The Balaban J connectivity index is 1.61. The first kappa shape index (κ1) is 22.7. The minimum Gasteiger partial charge on any atom is -0.505 e. The zero-order valence-corrected chi connectivity index (χ0v) is 20.0. The number of aryl methyl sites for hydroxylation is 1. The molecule has 0 spiro atoms. The molecule has 0 aliphatic rings. The van der Waals surface area contributed by atoms with Crippen LogP contribution in [0.25, 0.3) is 38.2 Å². The van der Waals surface area contributed by atoms with Crippen molar-refractivity contribution >= 4 is 38.4 Å². The highest BCUT2D eigenvalue weighted by Crippen LogP contribution is 2.32. The van der Waals surface area contributed by atoms with Gasteiger partial charge in [-0.2, -0.15) is 5.10 Å². The summed E-state index contributed by atoms with van der Waals surface area (Å²) in [5.41, 5.74) is 7.46.